The van der Waals surface area contributed by atoms with Crippen LogP contribution in [0.25, 0.3) is 10.9 Å². The van der Waals surface area contributed by atoms with Gasteiger partial charge in [-0.2, -0.15) is 5.26 Å². The number of hydrogen-bond donors (Lipinski definition) is 0. The van der Waals surface area contributed by atoms with E-state index in [0.717, 1.165) is 17.4 Å². The number of fused-ring (bicyclic) bond motifs is 1. The van der Waals surface area contributed by atoms with Gasteiger partial charge in [0.25, 0.3) is 0 Å². The van der Waals surface area contributed by atoms with E-state index in [1.54, 1.807) is 20.1 Å². The van der Waals surface area contributed by atoms with Gasteiger partial charge in [-0.1, -0.05) is 6.92 Å². The molecule has 4 heteroatoms. The zero-order chi connectivity index (χ0) is 14.0. The van der Waals surface area contributed by atoms with Gasteiger partial charge in [0.2, 0.25) is 5.88 Å². The second kappa shape index (κ2) is 5.23. The molecule has 1 aromatic heterocycles. The first-order valence-corrected chi connectivity index (χ1v) is 6.17. The zero-order valence-corrected chi connectivity index (χ0v) is 11.2. The van der Waals surface area contributed by atoms with Crippen molar-refractivity contribution in [3.8, 4) is 11.9 Å². The van der Waals surface area contributed by atoms with Crippen LogP contribution in [0.1, 0.15) is 30.9 Å². The van der Waals surface area contributed by atoms with E-state index >= 15 is 0 Å². The van der Waals surface area contributed by atoms with E-state index in [0.29, 0.717) is 17.0 Å². The summed E-state index contributed by atoms with van der Waals surface area (Å²) in [6.07, 6.45) is 0.768. The van der Waals surface area contributed by atoms with Crippen molar-refractivity contribution >= 4 is 10.9 Å². The molecule has 0 spiro atoms. The summed E-state index contributed by atoms with van der Waals surface area (Å²) in [5, 5.41) is 9.63. The largest absolute Gasteiger partial charge is 0.481 e. The van der Waals surface area contributed by atoms with Crippen molar-refractivity contribution in [2.45, 2.75) is 26.2 Å². The number of methoxy groups -OCH3 is 1. The van der Waals surface area contributed by atoms with Crippen LogP contribution in [-0.4, -0.2) is 12.1 Å². The van der Waals surface area contributed by atoms with Gasteiger partial charge in [0.05, 0.1) is 24.6 Å². The third kappa shape index (κ3) is 2.37. The molecule has 1 atom stereocenters. The molecule has 0 N–H and O–H groups in total. The van der Waals surface area contributed by atoms with Crippen LogP contribution in [0.5, 0.6) is 5.88 Å². The Labute approximate surface area is 111 Å². The van der Waals surface area contributed by atoms with Gasteiger partial charge in [-0.3, -0.25) is 0 Å². The number of ether oxygens (including phenoxy) is 1. The molecule has 0 radical (unpaired) electrons. The lowest BCUT2D eigenvalue weighted by atomic mass is 9.99. The number of aryl methyl sites for hydroxylation is 1. The number of nitriles is 1. The monoisotopic (exact) mass is 258 g/mol. The minimum absolute atomic E-state index is 0.365. The predicted molar refractivity (Wildman–Crippen MR) is 71.7 cm³/mol. The van der Waals surface area contributed by atoms with E-state index in [4.69, 9.17) is 10.00 Å². The van der Waals surface area contributed by atoms with E-state index in [2.05, 4.69) is 4.98 Å². The second-order valence-electron chi connectivity index (χ2n) is 4.43. The van der Waals surface area contributed by atoms with Gasteiger partial charge in [0.1, 0.15) is 5.82 Å². The molecule has 1 aromatic carbocycles. The molecule has 1 heterocycles. The van der Waals surface area contributed by atoms with Gasteiger partial charge in [-0.25, -0.2) is 9.37 Å². The molecule has 2 aromatic rings. The van der Waals surface area contributed by atoms with Crippen LogP contribution in [0.2, 0.25) is 0 Å². The Bertz CT molecular complexity index is 661. The molecular weight excluding hydrogens is 243 g/mol. The van der Waals surface area contributed by atoms with Crippen molar-refractivity contribution in [2.24, 2.45) is 0 Å². The smallest absolute Gasteiger partial charge is 0.216 e. The number of aromatic nitrogens is 1. The number of halogens is 1. The molecule has 2 rings (SSSR count). The highest BCUT2D eigenvalue weighted by molar-refractivity contribution is 5.81. The van der Waals surface area contributed by atoms with Crippen LogP contribution >= 0.6 is 0 Å². The molecular formula is C15H15FN2O. The Morgan fingerprint density at radius 1 is 1.42 bits per heavy atom. The molecule has 19 heavy (non-hydrogen) atoms. The van der Waals surface area contributed by atoms with E-state index in [9.17, 15) is 4.39 Å². The van der Waals surface area contributed by atoms with Crippen molar-refractivity contribution in [1.29, 1.82) is 5.26 Å². The average molecular weight is 258 g/mol. The quantitative estimate of drug-likeness (QED) is 0.845. The summed E-state index contributed by atoms with van der Waals surface area (Å²) >= 11 is 0. The molecule has 0 aliphatic carbocycles. The van der Waals surface area contributed by atoms with Crippen LogP contribution in [0.4, 0.5) is 4.39 Å². The third-order valence-corrected chi connectivity index (χ3v) is 3.21. The van der Waals surface area contributed by atoms with Crippen molar-refractivity contribution in [3.05, 3.63) is 35.1 Å². The molecule has 1 unspecified atom stereocenters. The fourth-order valence-corrected chi connectivity index (χ4v) is 2.07. The summed E-state index contributed by atoms with van der Waals surface area (Å²) < 4.78 is 19.2. The predicted octanol–water partition coefficient (Wildman–Crippen LogP) is 3.57. The lowest BCUT2D eigenvalue weighted by molar-refractivity contribution is 0.394. The molecule has 0 saturated carbocycles. The molecule has 0 aliphatic heterocycles. The number of nitrogens with zero attached hydrogens (tertiary/aromatic N) is 2. The van der Waals surface area contributed by atoms with Gasteiger partial charge in [0.15, 0.2) is 0 Å². The number of rotatable bonds is 3. The van der Waals surface area contributed by atoms with E-state index in [-0.39, 0.29) is 5.82 Å². The standard InChI is InChI=1S/C15H15FN2O/c1-4-10-5-11-6-13(16)12(9(2)8-17)7-14(11)18-15(10)19-3/h5-7,9H,4H2,1-3H3. The van der Waals surface area contributed by atoms with Gasteiger partial charge in [-0.15, -0.1) is 0 Å². The maximum atomic E-state index is 14.0. The first-order chi connectivity index (χ1) is 9.10. The third-order valence-electron chi connectivity index (χ3n) is 3.21. The molecule has 3 nitrogen and oxygen atoms in total. The second-order valence-corrected chi connectivity index (χ2v) is 4.43. The van der Waals surface area contributed by atoms with Gasteiger partial charge >= 0.3 is 0 Å². The van der Waals surface area contributed by atoms with Crippen molar-refractivity contribution in [2.75, 3.05) is 7.11 Å². The van der Waals surface area contributed by atoms with Crippen LogP contribution in [0.15, 0.2) is 18.2 Å². The highest BCUT2D eigenvalue weighted by Gasteiger charge is 2.14. The Morgan fingerprint density at radius 3 is 2.74 bits per heavy atom. The summed E-state index contributed by atoms with van der Waals surface area (Å²) in [5.41, 5.74) is 1.96. The Morgan fingerprint density at radius 2 is 2.16 bits per heavy atom. The summed E-state index contributed by atoms with van der Waals surface area (Å²) in [7, 11) is 1.57. The van der Waals surface area contributed by atoms with Crippen molar-refractivity contribution in [3.63, 3.8) is 0 Å². The summed E-state index contributed by atoms with van der Waals surface area (Å²) in [5.74, 6) is -0.309. The lowest BCUT2D eigenvalue weighted by Gasteiger charge is -2.10. The number of benzene rings is 1. The molecule has 0 aliphatic rings. The molecule has 98 valence electrons. The minimum Gasteiger partial charge on any atom is -0.481 e. The van der Waals surface area contributed by atoms with Crippen molar-refractivity contribution in [1.82, 2.24) is 4.98 Å². The van der Waals surface area contributed by atoms with Gasteiger partial charge in [-0.05, 0) is 31.5 Å². The van der Waals surface area contributed by atoms with Crippen LogP contribution in [0.3, 0.4) is 0 Å². The fourth-order valence-electron chi connectivity index (χ4n) is 2.07. The maximum absolute atomic E-state index is 14.0. The topological polar surface area (TPSA) is 45.9 Å². The summed E-state index contributed by atoms with van der Waals surface area (Å²) in [4.78, 5) is 4.38. The average Bonchev–Trinajstić information content (AvgIpc) is 2.44. The van der Waals surface area contributed by atoms with Crippen LogP contribution in [0, 0.1) is 17.1 Å². The lowest BCUT2D eigenvalue weighted by Crippen LogP contribution is -1.99. The fraction of sp³-hybridized carbons (Fsp3) is 0.333. The van der Waals surface area contributed by atoms with E-state index in [1.165, 1.54) is 6.07 Å². The summed E-state index contributed by atoms with van der Waals surface area (Å²) in [6, 6.07) is 6.98. The van der Waals surface area contributed by atoms with Gasteiger partial charge < -0.3 is 4.74 Å². The zero-order valence-electron chi connectivity index (χ0n) is 11.2. The molecule has 0 fully saturated rings. The van der Waals surface area contributed by atoms with E-state index in [1.807, 2.05) is 19.1 Å². The Hall–Kier alpha value is -2.15. The maximum Gasteiger partial charge on any atom is 0.216 e. The SMILES string of the molecule is CCc1cc2cc(F)c(C(C)C#N)cc2nc1OC. The van der Waals surface area contributed by atoms with Crippen molar-refractivity contribution < 1.29 is 9.13 Å². The first kappa shape index (κ1) is 13.3. The highest BCUT2D eigenvalue weighted by atomic mass is 19.1. The minimum atomic E-state index is -0.497. The van der Waals surface area contributed by atoms with Crippen LogP contribution in [-0.2, 0) is 6.42 Å². The number of pyridine rings is 1. The van der Waals surface area contributed by atoms with E-state index < -0.39 is 5.92 Å². The molecule has 0 bridgehead atoms. The molecule has 0 saturated heterocycles. The Balaban J connectivity index is 2.69. The van der Waals surface area contributed by atoms with Crippen LogP contribution < -0.4 is 4.74 Å². The number of hydrogen-bond acceptors (Lipinski definition) is 3. The normalized spacial score (nSPS) is 12.2. The van der Waals surface area contributed by atoms with Gasteiger partial charge in [0, 0.05) is 16.5 Å². The first-order valence-electron chi connectivity index (χ1n) is 6.17. The Kier molecular flexibility index (Phi) is 3.66. The molecule has 0 amide bonds. The highest BCUT2D eigenvalue weighted by Crippen LogP contribution is 2.27. The summed E-state index contributed by atoms with van der Waals surface area (Å²) in [6.45, 7) is 3.66.